The molecular formula is C16H20BrN3O. The van der Waals surface area contributed by atoms with Crippen LogP contribution < -0.4 is 10.1 Å². The fraction of sp³-hybridized carbons (Fsp3) is 0.375. The van der Waals surface area contributed by atoms with E-state index >= 15 is 0 Å². The summed E-state index contributed by atoms with van der Waals surface area (Å²) in [6.07, 6.45) is 2.73. The zero-order valence-corrected chi connectivity index (χ0v) is 14.4. The molecule has 2 aromatic rings. The molecule has 0 atom stereocenters. The minimum absolute atomic E-state index is 0.525. The first-order valence-corrected chi connectivity index (χ1v) is 7.82. The Balaban J connectivity index is 2.30. The Labute approximate surface area is 134 Å². The average Bonchev–Trinajstić information content (AvgIpc) is 2.45. The van der Waals surface area contributed by atoms with Crippen molar-refractivity contribution >= 4 is 21.9 Å². The van der Waals surface area contributed by atoms with Crippen molar-refractivity contribution in [2.24, 2.45) is 0 Å². The molecule has 0 saturated carbocycles. The summed E-state index contributed by atoms with van der Waals surface area (Å²) in [7, 11) is 0. The summed E-state index contributed by atoms with van der Waals surface area (Å²) in [5.74, 6) is 1.93. The molecule has 1 aromatic carbocycles. The molecule has 0 amide bonds. The van der Waals surface area contributed by atoms with E-state index in [1.165, 1.54) is 11.1 Å². The number of rotatable bonds is 5. The van der Waals surface area contributed by atoms with Crippen LogP contribution in [0.5, 0.6) is 11.6 Å². The molecule has 0 aliphatic carbocycles. The Morgan fingerprint density at radius 2 is 2.00 bits per heavy atom. The number of hydrogen-bond donors (Lipinski definition) is 1. The Hall–Kier alpha value is -1.62. The SMILES string of the molecule is CCCNc1ncc(Br)c(Oc2cc(C)cc(C)c2C)n1. The van der Waals surface area contributed by atoms with Gasteiger partial charge in [0.1, 0.15) is 5.75 Å². The summed E-state index contributed by atoms with van der Waals surface area (Å²) < 4.78 is 6.72. The molecule has 5 heteroatoms. The smallest absolute Gasteiger partial charge is 0.238 e. The van der Waals surface area contributed by atoms with Gasteiger partial charge >= 0.3 is 0 Å². The Kier molecular flexibility index (Phi) is 5.17. The van der Waals surface area contributed by atoms with Crippen LogP contribution in [0.2, 0.25) is 0 Å². The number of nitrogens with zero attached hydrogens (tertiary/aromatic N) is 2. The van der Waals surface area contributed by atoms with Crippen LogP contribution in [0.25, 0.3) is 0 Å². The largest absolute Gasteiger partial charge is 0.437 e. The van der Waals surface area contributed by atoms with Crippen molar-refractivity contribution in [3.8, 4) is 11.6 Å². The van der Waals surface area contributed by atoms with Crippen LogP contribution in [0.4, 0.5) is 5.95 Å². The van der Waals surface area contributed by atoms with Crippen LogP contribution in [0, 0.1) is 20.8 Å². The van der Waals surface area contributed by atoms with Crippen LogP contribution in [-0.2, 0) is 0 Å². The second kappa shape index (κ2) is 6.89. The molecule has 0 saturated heterocycles. The van der Waals surface area contributed by atoms with E-state index in [4.69, 9.17) is 4.74 Å². The third-order valence-electron chi connectivity index (χ3n) is 3.22. The Morgan fingerprint density at radius 3 is 2.71 bits per heavy atom. The zero-order valence-electron chi connectivity index (χ0n) is 12.8. The standard InChI is InChI=1S/C16H20BrN3O/c1-5-6-18-16-19-9-13(17)15(20-16)21-14-8-10(2)7-11(3)12(14)4/h7-9H,5-6H2,1-4H3,(H,18,19,20). The van der Waals surface area contributed by atoms with Gasteiger partial charge in [-0.3, -0.25) is 0 Å². The van der Waals surface area contributed by atoms with Crippen molar-refractivity contribution in [1.29, 1.82) is 0 Å². The highest BCUT2D eigenvalue weighted by molar-refractivity contribution is 9.10. The van der Waals surface area contributed by atoms with Gasteiger partial charge in [0, 0.05) is 6.54 Å². The first-order chi connectivity index (χ1) is 10.0. The highest BCUT2D eigenvalue weighted by Gasteiger charge is 2.11. The molecule has 2 rings (SSSR count). The van der Waals surface area contributed by atoms with Crippen molar-refractivity contribution in [3.63, 3.8) is 0 Å². The van der Waals surface area contributed by atoms with Crippen LogP contribution in [0.1, 0.15) is 30.0 Å². The van der Waals surface area contributed by atoms with Crippen molar-refractivity contribution in [3.05, 3.63) is 39.5 Å². The summed E-state index contributed by atoms with van der Waals surface area (Å²) in [5.41, 5.74) is 3.50. The van der Waals surface area contributed by atoms with Gasteiger partial charge in [-0.2, -0.15) is 4.98 Å². The first-order valence-electron chi connectivity index (χ1n) is 7.03. The lowest BCUT2D eigenvalue weighted by Crippen LogP contribution is -2.05. The highest BCUT2D eigenvalue weighted by Crippen LogP contribution is 2.31. The molecule has 1 aromatic heterocycles. The van der Waals surface area contributed by atoms with Gasteiger partial charge in [-0.05, 0) is 65.9 Å². The van der Waals surface area contributed by atoms with Crippen molar-refractivity contribution in [2.75, 3.05) is 11.9 Å². The van der Waals surface area contributed by atoms with Crippen molar-refractivity contribution < 1.29 is 4.74 Å². The van der Waals surface area contributed by atoms with Crippen LogP contribution in [0.3, 0.4) is 0 Å². The first kappa shape index (κ1) is 15.8. The number of hydrogen-bond acceptors (Lipinski definition) is 4. The molecule has 0 aliphatic heterocycles. The Morgan fingerprint density at radius 1 is 1.24 bits per heavy atom. The number of aromatic nitrogens is 2. The van der Waals surface area contributed by atoms with E-state index in [1.807, 2.05) is 6.07 Å². The number of aryl methyl sites for hydroxylation is 2. The minimum atomic E-state index is 0.525. The minimum Gasteiger partial charge on any atom is -0.437 e. The average molecular weight is 350 g/mol. The molecule has 0 unspecified atom stereocenters. The number of ether oxygens (including phenoxy) is 1. The molecule has 21 heavy (non-hydrogen) atoms. The van der Waals surface area contributed by atoms with E-state index in [-0.39, 0.29) is 0 Å². The molecule has 4 nitrogen and oxygen atoms in total. The number of halogens is 1. The number of anilines is 1. The van der Waals surface area contributed by atoms with Crippen LogP contribution in [-0.4, -0.2) is 16.5 Å². The van der Waals surface area contributed by atoms with Gasteiger partial charge in [0.15, 0.2) is 0 Å². The summed E-state index contributed by atoms with van der Waals surface area (Å²) >= 11 is 3.44. The van der Waals surface area contributed by atoms with Gasteiger partial charge in [-0.25, -0.2) is 4.98 Å². The number of nitrogens with one attached hydrogen (secondary N) is 1. The fourth-order valence-electron chi connectivity index (χ4n) is 1.96. The molecule has 112 valence electrons. The third-order valence-corrected chi connectivity index (χ3v) is 3.76. The quantitative estimate of drug-likeness (QED) is 0.843. The van der Waals surface area contributed by atoms with E-state index in [0.29, 0.717) is 11.8 Å². The van der Waals surface area contributed by atoms with E-state index in [9.17, 15) is 0 Å². The summed E-state index contributed by atoms with van der Waals surface area (Å²) in [6, 6.07) is 4.17. The molecule has 1 N–H and O–H groups in total. The van der Waals surface area contributed by atoms with Crippen LogP contribution in [0.15, 0.2) is 22.8 Å². The summed E-state index contributed by atoms with van der Waals surface area (Å²) in [4.78, 5) is 8.64. The summed E-state index contributed by atoms with van der Waals surface area (Å²) in [6.45, 7) is 9.13. The molecule has 0 fully saturated rings. The fourth-order valence-corrected chi connectivity index (χ4v) is 2.23. The predicted molar refractivity (Wildman–Crippen MR) is 89.2 cm³/mol. The third kappa shape index (κ3) is 3.94. The lowest BCUT2D eigenvalue weighted by molar-refractivity contribution is 0.454. The molecule has 0 aliphatic rings. The maximum atomic E-state index is 5.98. The van der Waals surface area contributed by atoms with Gasteiger partial charge in [0.25, 0.3) is 0 Å². The second-order valence-corrected chi connectivity index (χ2v) is 5.93. The maximum Gasteiger partial charge on any atom is 0.238 e. The molecule has 0 radical (unpaired) electrons. The van der Waals surface area contributed by atoms with Gasteiger partial charge in [-0.15, -0.1) is 0 Å². The van der Waals surface area contributed by atoms with E-state index in [1.54, 1.807) is 6.20 Å². The van der Waals surface area contributed by atoms with E-state index < -0.39 is 0 Å². The van der Waals surface area contributed by atoms with Gasteiger partial charge in [0.2, 0.25) is 11.8 Å². The highest BCUT2D eigenvalue weighted by atomic mass is 79.9. The van der Waals surface area contributed by atoms with E-state index in [2.05, 4.69) is 65.0 Å². The van der Waals surface area contributed by atoms with Gasteiger partial charge in [-0.1, -0.05) is 13.0 Å². The van der Waals surface area contributed by atoms with Crippen molar-refractivity contribution in [1.82, 2.24) is 9.97 Å². The lowest BCUT2D eigenvalue weighted by atomic mass is 10.1. The maximum absolute atomic E-state index is 5.98. The number of benzene rings is 1. The predicted octanol–water partition coefficient (Wildman–Crippen LogP) is 4.78. The second-order valence-electron chi connectivity index (χ2n) is 5.08. The lowest BCUT2D eigenvalue weighted by Gasteiger charge is -2.13. The molecular weight excluding hydrogens is 330 g/mol. The van der Waals surface area contributed by atoms with Gasteiger partial charge in [0.05, 0.1) is 10.7 Å². The summed E-state index contributed by atoms with van der Waals surface area (Å²) in [5, 5.41) is 3.16. The molecule has 1 heterocycles. The normalized spacial score (nSPS) is 10.5. The van der Waals surface area contributed by atoms with Crippen molar-refractivity contribution in [2.45, 2.75) is 34.1 Å². The zero-order chi connectivity index (χ0) is 15.4. The monoisotopic (exact) mass is 349 g/mol. The van der Waals surface area contributed by atoms with Crippen LogP contribution >= 0.6 is 15.9 Å². The van der Waals surface area contributed by atoms with Gasteiger partial charge < -0.3 is 10.1 Å². The molecule has 0 bridgehead atoms. The molecule has 0 spiro atoms. The Bertz CT molecular complexity index is 644. The topological polar surface area (TPSA) is 47.0 Å². The van der Waals surface area contributed by atoms with E-state index in [0.717, 1.165) is 28.8 Å².